The van der Waals surface area contributed by atoms with E-state index in [1.165, 1.54) is 18.4 Å². The number of carbonyl (C=O) groups excluding carboxylic acids is 1. The summed E-state index contributed by atoms with van der Waals surface area (Å²) < 4.78 is 11.4. The minimum absolute atomic E-state index is 0.283. The van der Waals surface area contributed by atoms with Crippen LogP contribution in [0.25, 0.3) is 10.2 Å². The molecule has 0 fully saturated rings. The van der Waals surface area contributed by atoms with Gasteiger partial charge in [-0.1, -0.05) is 23.5 Å². The van der Waals surface area contributed by atoms with Gasteiger partial charge in [-0.15, -0.1) is 0 Å². The largest absolute Gasteiger partial charge is 0.497 e. The minimum atomic E-state index is -0.283. The molecule has 0 saturated carbocycles. The maximum Gasteiger partial charge on any atom is 0.261 e. The van der Waals surface area contributed by atoms with Crippen molar-refractivity contribution in [3.8, 4) is 11.5 Å². The number of rotatable bonds is 4. The Balaban J connectivity index is 1.90. The molecule has 0 radical (unpaired) electrons. The Morgan fingerprint density at radius 3 is 2.68 bits per heavy atom. The van der Waals surface area contributed by atoms with Crippen molar-refractivity contribution in [1.82, 2.24) is 4.98 Å². The number of nitrogens with zero attached hydrogens (tertiary/aromatic N) is 1. The van der Waals surface area contributed by atoms with Crippen LogP contribution in [0.1, 0.15) is 10.4 Å². The molecule has 22 heavy (non-hydrogen) atoms. The van der Waals surface area contributed by atoms with Gasteiger partial charge in [-0.25, -0.2) is 4.98 Å². The Bertz CT molecular complexity index is 796. The number of thiazole rings is 1. The van der Waals surface area contributed by atoms with Gasteiger partial charge in [0, 0.05) is 0 Å². The van der Waals surface area contributed by atoms with Gasteiger partial charge in [-0.2, -0.15) is 0 Å². The van der Waals surface area contributed by atoms with E-state index in [0.29, 0.717) is 22.2 Å². The molecule has 0 aliphatic heterocycles. The van der Waals surface area contributed by atoms with Gasteiger partial charge in [0.2, 0.25) is 0 Å². The lowest BCUT2D eigenvalue weighted by atomic mass is 10.2. The molecule has 6 heteroatoms. The zero-order valence-electron chi connectivity index (χ0n) is 12.1. The maximum atomic E-state index is 12.5. The van der Waals surface area contributed by atoms with Crippen LogP contribution < -0.4 is 14.8 Å². The Kier molecular flexibility index (Phi) is 3.93. The molecule has 0 atom stereocenters. The zero-order chi connectivity index (χ0) is 15.5. The molecule has 0 unspecified atom stereocenters. The van der Waals surface area contributed by atoms with Crippen molar-refractivity contribution in [3.63, 3.8) is 0 Å². The second-order valence-electron chi connectivity index (χ2n) is 4.51. The first-order valence-electron chi connectivity index (χ1n) is 6.60. The highest BCUT2D eigenvalue weighted by molar-refractivity contribution is 7.22. The number of amides is 1. The second-order valence-corrected chi connectivity index (χ2v) is 5.54. The SMILES string of the molecule is COc1ccc(OC)c(C(=O)Nc2nc3ccccc3s2)c1. The molecule has 2 aromatic carbocycles. The third-order valence-electron chi connectivity index (χ3n) is 3.17. The number of methoxy groups -OCH3 is 2. The van der Waals surface area contributed by atoms with E-state index >= 15 is 0 Å². The average molecular weight is 314 g/mol. The monoisotopic (exact) mass is 314 g/mol. The van der Waals surface area contributed by atoms with Gasteiger partial charge in [-0.05, 0) is 30.3 Å². The predicted molar refractivity (Wildman–Crippen MR) is 87.1 cm³/mol. The molecule has 1 amide bonds. The molecule has 1 aromatic heterocycles. The van der Waals surface area contributed by atoms with E-state index in [1.807, 2.05) is 24.3 Å². The highest BCUT2D eigenvalue weighted by Crippen LogP contribution is 2.28. The highest BCUT2D eigenvalue weighted by atomic mass is 32.1. The number of anilines is 1. The summed E-state index contributed by atoms with van der Waals surface area (Å²) in [6, 6.07) is 12.8. The Morgan fingerprint density at radius 1 is 1.14 bits per heavy atom. The quantitative estimate of drug-likeness (QED) is 0.800. The summed E-state index contributed by atoms with van der Waals surface area (Å²) in [5, 5.41) is 3.36. The summed E-state index contributed by atoms with van der Waals surface area (Å²) in [4.78, 5) is 16.8. The molecule has 3 rings (SSSR count). The van der Waals surface area contributed by atoms with Crippen LogP contribution in [0.3, 0.4) is 0 Å². The van der Waals surface area contributed by atoms with Crippen LogP contribution in [0.5, 0.6) is 11.5 Å². The summed E-state index contributed by atoms with van der Waals surface area (Å²) in [5.41, 5.74) is 1.27. The van der Waals surface area contributed by atoms with Gasteiger partial charge in [-0.3, -0.25) is 10.1 Å². The van der Waals surface area contributed by atoms with E-state index in [1.54, 1.807) is 25.3 Å². The summed E-state index contributed by atoms with van der Waals surface area (Å²) in [6.07, 6.45) is 0. The van der Waals surface area contributed by atoms with E-state index < -0.39 is 0 Å². The molecular weight excluding hydrogens is 300 g/mol. The molecule has 0 bridgehead atoms. The van der Waals surface area contributed by atoms with E-state index in [2.05, 4.69) is 10.3 Å². The van der Waals surface area contributed by atoms with Crippen molar-refractivity contribution in [2.24, 2.45) is 0 Å². The molecule has 3 aromatic rings. The maximum absolute atomic E-state index is 12.5. The van der Waals surface area contributed by atoms with Gasteiger partial charge < -0.3 is 9.47 Å². The fourth-order valence-corrected chi connectivity index (χ4v) is 2.94. The molecule has 1 N–H and O–H groups in total. The Morgan fingerprint density at radius 2 is 1.95 bits per heavy atom. The number of hydrogen-bond acceptors (Lipinski definition) is 5. The fourth-order valence-electron chi connectivity index (χ4n) is 2.08. The normalized spacial score (nSPS) is 10.5. The second kappa shape index (κ2) is 6.03. The fraction of sp³-hybridized carbons (Fsp3) is 0.125. The van der Waals surface area contributed by atoms with Crippen LogP contribution >= 0.6 is 11.3 Å². The lowest BCUT2D eigenvalue weighted by Gasteiger charge is -2.09. The molecule has 0 aliphatic rings. The van der Waals surface area contributed by atoms with Crippen molar-refractivity contribution < 1.29 is 14.3 Å². The van der Waals surface area contributed by atoms with E-state index in [0.717, 1.165) is 10.2 Å². The molecule has 112 valence electrons. The average Bonchev–Trinajstić information content (AvgIpc) is 2.96. The molecule has 5 nitrogen and oxygen atoms in total. The number of nitrogens with one attached hydrogen (secondary N) is 1. The van der Waals surface area contributed by atoms with E-state index in [4.69, 9.17) is 9.47 Å². The van der Waals surface area contributed by atoms with Crippen LogP contribution in [0.2, 0.25) is 0 Å². The van der Waals surface area contributed by atoms with Gasteiger partial charge in [0.05, 0.1) is 30.0 Å². The number of ether oxygens (including phenoxy) is 2. The van der Waals surface area contributed by atoms with Crippen LogP contribution in [0, 0.1) is 0 Å². The van der Waals surface area contributed by atoms with Gasteiger partial charge in [0.15, 0.2) is 5.13 Å². The predicted octanol–water partition coefficient (Wildman–Crippen LogP) is 3.57. The number of benzene rings is 2. The number of fused-ring (bicyclic) bond motifs is 1. The lowest BCUT2D eigenvalue weighted by Crippen LogP contribution is -2.13. The van der Waals surface area contributed by atoms with Crippen molar-refractivity contribution >= 4 is 32.6 Å². The van der Waals surface area contributed by atoms with Gasteiger partial charge in [0.1, 0.15) is 11.5 Å². The summed E-state index contributed by atoms with van der Waals surface area (Å²) in [6.45, 7) is 0. The third kappa shape index (κ3) is 2.73. The molecular formula is C16H14N2O3S. The van der Waals surface area contributed by atoms with Crippen LogP contribution in [0.15, 0.2) is 42.5 Å². The number of aromatic nitrogens is 1. The van der Waals surface area contributed by atoms with Crippen LogP contribution in [0.4, 0.5) is 5.13 Å². The van der Waals surface area contributed by atoms with E-state index in [-0.39, 0.29) is 5.91 Å². The number of hydrogen-bond donors (Lipinski definition) is 1. The molecule has 0 aliphatic carbocycles. The van der Waals surface area contributed by atoms with Crippen molar-refractivity contribution in [3.05, 3.63) is 48.0 Å². The standard InChI is InChI=1S/C16H14N2O3S/c1-20-10-7-8-13(21-2)11(9-10)15(19)18-16-17-12-5-3-4-6-14(12)22-16/h3-9H,1-2H3,(H,17,18,19). The first kappa shape index (κ1) is 14.3. The smallest absolute Gasteiger partial charge is 0.261 e. The first-order valence-corrected chi connectivity index (χ1v) is 7.42. The van der Waals surface area contributed by atoms with E-state index in [9.17, 15) is 4.79 Å². The lowest BCUT2D eigenvalue weighted by molar-refractivity contribution is 0.102. The summed E-state index contributed by atoms with van der Waals surface area (Å²) in [5.74, 6) is 0.796. The van der Waals surface area contributed by atoms with Crippen molar-refractivity contribution in [2.75, 3.05) is 19.5 Å². The zero-order valence-corrected chi connectivity index (χ0v) is 12.9. The topological polar surface area (TPSA) is 60.5 Å². The number of para-hydroxylation sites is 1. The molecule has 1 heterocycles. The Labute approximate surface area is 131 Å². The van der Waals surface area contributed by atoms with Gasteiger partial charge in [0.25, 0.3) is 5.91 Å². The first-order chi connectivity index (χ1) is 10.7. The van der Waals surface area contributed by atoms with Crippen molar-refractivity contribution in [2.45, 2.75) is 0 Å². The van der Waals surface area contributed by atoms with Gasteiger partial charge >= 0.3 is 0 Å². The molecule has 0 saturated heterocycles. The Hall–Kier alpha value is -2.60. The van der Waals surface area contributed by atoms with Crippen molar-refractivity contribution in [1.29, 1.82) is 0 Å². The number of carbonyl (C=O) groups is 1. The van der Waals surface area contributed by atoms with Crippen LogP contribution in [-0.2, 0) is 0 Å². The van der Waals surface area contributed by atoms with Crippen LogP contribution in [-0.4, -0.2) is 25.1 Å². The summed E-state index contributed by atoms with van der Waals surface area (Å²) in [7, 11) is 3.08. The molecule has 0 spiro atoms. The minimum Gasteiger partial charge on any atom is -0.497 e. The summed E-state index contributed by atoms with van der Waals surface area (Å²) >= 11 is 1.43. The highest BCUT2D eigenvalue weighted by Gasteiger charge is 2.15. The third-order valence-corrected chi connectivity index (χ3v) is 4.12.